The van der Waals surface area contributed by atoms with Crippen LogP contribution in [0.1, 0.15) is 30.9 Å². The number of nitrogens with one attached hydrogen (secondary N) is 1. The fraction of sp³-hybridized carbons (Fsp3) is 0.524. The molecule has 2 aromatic rings. The maximum atomic E-state index is 11.4. The van der Waals surface area contributed by atoms with Gasteiger partial charge in [-0.15, -0.1) is 0 Å². The molecule has 0 radical (unpaired) electrons. The lowest BCUT2D eigenvalue weighted by Gasteiger charge is -2.35. The molecule has 2 heterocycles. The molecule has 1 aromatic carbocycles. The summed E-state index contributed by atoms with van der Waals surface area (Å²) in [4.78, 5) is 13.9. The highest BCUT2D eigenvalue weighted by Gasteiger charge is 2.41. The Bertz CT molecular complexity index is 776. The molecular formula is C21H28N4O2. The second kappa shape index (κ2) is 7.82. The molecule has 2 fully saturated rings. The highest BCUT2D eigenvalue weighted by molar-refractivity contribution is 5.73. The predicted molar refractivity (Wildman–Crippen MR) is 103 cm³/mol. The van der Waals surface area contributed by atoms with E-state index in [-0.39, 0.29) is 11.9 Å². The van der Waals surface area contributed by atoms with Crippen molar-refractivity contribution >= 4 is 5.91 Å². The molecule has 1 saturated carbocycles. The number of carbonyl (C=O) groups is 1. The Morgan fingerprint density at radius 2 is 1.93 bits per heavy atom. The number of nitrogens with zero attached hydrogens (tertiary/aromatic N) is 3. The molecule has 0 spiro atoms. The van der Waals surface area contributed by atoms with Crippen molar-refractivity contribution < 1.29 is 9.90 Å². The van der Waals surface area contributed by atoms with E-state index in [1.807, 2.05) is 16.9 Å². The molecule has 6 heteroatoms. The Hall–Kier alpha value is -2.18. The van der Waals surface area contributed by atoms with E-state index >= 15 is 0 Å². The third kappa shape index (κ3) is 4.39. The molecule has 0 bridgehead atoms. The van der Waals surface area contributed by atoms with Crippen molar-refractivity contribution in [1.29, 1.82) is 0 Å². The second-order valence-electron chi connectivity index (χ2n) is 8.08. The van der Waals surface area contributed by atoms with Crippen LogP contribution in [-0.4, -0.2) is 50.9 Å². The van der Waals surface area contributed by atoms with E-state index in [0.29, 0.717) is 11.8 Å². The van der Waals surface area contributed by atoms with E-state index in [1.165, 1.54) is 18.1 Å². The molecule has 0 unspecified atom stereocenters. The number of amides is 1. The van der Waals surface area contributed by atoms with E-state index in [4.69, 9.17) is 0 Å². The summed E-state index contributed by atoms with van der Waals surface area (Å²) in [5.41, 5.74) is 2.58. The van der Waals surface area contributed by atoms with Gasteiger partial charge in [0, 0.05) is 39.0 Å². The van der Waals surface area contributed by atoms with Gasteiger partial charge < -0.3 is 10.4 Å². The molecule has 1 amide bonds. The quantitative estimate of drug-likeness (QED) is 0.842. The lowest BCUT2D eigenvalue weighted by Crippen LogP contribution is -2.48. The van der Waals surface area contributed by atoms with Crippen molar-refractivity contribution in [1.82, 2.24) is 20.0 Å². The zero-order valence-corrected chi connectivity index (χ0v) is 15.8. The van der Waals surface area contributed by atoms with Gasteiger partial charge in [-0.3, -0.25) is 14.4 Å². The molecule has 27 heavy (non-hydrogen) atoms. The third-order valence-electron chi connectivity index (χ3n) is 5.91. The minimum absolute atomic E-state index is 0.0543. The highest BCUT2D eigenvalue weighted by Crippen LogP contribution is 2.37. The van der Waals surface area contributed by atoms with Gasteiger partial charge in [0.1, 0.15) is 0 Å². The predicted octanol–water partition coefficient (Wildman–Crippen LogP) is 1.64. The van der Waals surface area contributed by atoms with Crippen LogP contribution in [0, 0.1) is 11.8 Å². The smallest absolute Gasteiger partial charge is 0.217 e. The Balaban J connectivity index is 1.36. The van der Waals surface area contributed by atoms with Crippen molar-refractivity contribution in [3.05, 3.63) is 53.9 Å². The molecule has 1 aliphatic heterocycles. The molecule has 6 nitrogen and oxygen atoms in total. The van der Waals surface area contributed by atoms with Crippen molar-refractivity contribution in [2.24, 2.45) is 11.8 Å². The summed E-state index contributed by atoms with van der Waals surface area (Å²) < 4.78 is 1.94. The SMILES string of the molecule is CC(=O)N[C@@H]1C[C@@H]2CN(Cc3cccc(Cn4cccn4)c3)C[C@@H]2C[C@H]1O. The largest absolute Gasteiger partial charge is 0.391 e. The number of likely N-dealkylation sites (tertiary alicyclic amines) is 1. The molecule has 1 aromatic heterocycles. The monoisotopic (exact) mass is 368 g/mol. The summed E-state index contributed by atoms with van der Waals surface area (Å²) in [6.07, 6.45) is 5.02. The lowest BCUT2D eigenvalue weighted by atomic mass is 9.77. The minimum Gasteiger partial charge on any atom is -0.391 e. The zero-order valence-electron chi connectivity index (χ0n) is 15.8. The molecule has 2 N–H and O–H groups in total. The van der Waals surface area contributed by atoms with Crippen LogP contribution in [0.3, 0.4) is 0 Å². The number of benzene rings is 1. The van der Waals surface area contributed by atoms with E-state index < -0.39 is 6.10 Å². The maximum absolute atomic E-state index is 11.4. The average Bonchev–Trinajstić information content (AvgIpc) is 3.24. The van der Waals surface area contributed by atoms with E-state index in [2.05, 4.69) is 39.6 Å². The first-order valence-corrected chi connectivity index (χ1v) is 9.79. The number of aliphatic hydroxyl groups excluding tert-OH is 1. The summed E-state index contributed by atoms with van der Waals surface area (Å²) in [5.74, 6) is 1.02. The number of aliphatic hydroxyl groups is 1. The third-order valence-corrected chi connectivity index (χ3v) is 5.91. The van der Waals surface area contributed by atoms with Crippen LogP contribution in [0.4, 0.5) is 0 Å². The molecule has 4 atom stereocenters. The van der Waals surface area contributed by atoms with Crippen LogP contribution in [-0.2, 0) is 17.9 Å². The molecule has 1 aliphatic carbocycles. The first-order valence-electron chi connectivity index (χ1n) is 9.79. The van der Waals surface area contributed by atoms with E-state index in [9.17, 15) is 9.90 Å². The summed E-state index contributed by atoms with van der Waals surface area (Å²) in [5, 5.41) is 17.6. The van der Waals surface area contributed by atoms with Gasteiger partial charge in [0.05, 0.1) is 18.7 Å². The number of fused-ring (bicyclic) bond motifs is 1. The van der Waals surface area contributed by atoms with Gasteiger partial charge in [-0.2, -0.15) is 5.10 Å². The van der Waals surface area contributed by atoms with Crippen molar-refractivity contribution in [3.8, 4) is 0 Å². The summed E-state index contributed by atoms with van der Waals surface area (Å²) in [6, 6.07) is 10.6. The zero-order chi connectivity index (χ0) is 18.8. The first kappa shape index (κ1) is 18.2. The van der Waals surface area contributed by atoms with Crippen molar-refractivity contribution in [2.45, 2.75) is 45.0 Å². The average molecular weight is 368 g/mol. The first-order chi connectivity index (χ1) is 13.1. The Morgan fingerprint density at radius 3 is 2.63 bits per heavy atom. The topological polar surface area (TPSA) is 70.4 Å². The van der Waals surface area contributed by atoms with Crippen LogP contribution in [0.15, 0.2) is 42.7 Å². The van der Waals surface area contributed by atoms with E-state index in [1.54, 1.807) is 6.20 Å². The van der Waals surface area contributed by atoms with Crippen molar-refractivity contribution in [2.75, 3.05) is 13.1 Å². The maximum Gasteiger partial charge on any atom is 0.217 e. The summed E-state index contributed by atoms with van der Waals surface area (Å²) >= 11 is 0. The van der Waals surface area contributed by atoms with Gasteiger partial charge in [-0.25, -0.2) is 0 Å². The standard InChI is InChI=1S/C21H28N4O2/c1-15(26)23-20-9-18-13-24(14-19(18)10-21(20)27)11-16-4-2-5-17(8-16)12-25-7-3-6-22-25/h2-8,18-21,27H,9-14H2,1H3,(H,23,26)/t18-,19+,20-,21-/m1/s1. The van der Waals surface area contributed by atoms with Crippen LogP contribution >= 0.6 is 0 Å². The van der Waals surface area contributed by atoms with E-state index in [0.717, 1.165) is 39.0 Å². The number of carbonyl (C=O) groups excluding carboxylic acids is 1. The van der Waals surface area contributed by atoms with Crippen LogP contribution in [0.2, 0.25) is 0 Å². The molecule has 4 rings (SSSR count). The number of rotatable bonds is 5. The number of hydrogen-bond acceptors (Lipinski definition) is 4. The molecular weight excluding hydrogens is 340 g/mol. The number of aromatic nitrogens is 2. The molecule has 1 saturated heterocycles. The fourth-order valence-corrected chi connectivity index (χ4v) is 4.74. The van der Waals surface area contributed by atoms with Gasteiger partial charge in [0.15, 0.2) is 0 Å². The fourth-order valence-electron chi connectivity index (χ4n) is 4.74. The molecule has 2 aliphatic rings. The summed E-state index contributed by atoms with van der Waals surface area (Å²) in [6.45, 7) is 5.31. The van der Waals surface area contributed by atoms with Gasteiger partial charge in [-0.1, -0.05) is 24.3 Å². The van der Waals surface area contributed by atoms with Gasteiger partial charge in [0.2, 0.25) is 5.91 Å². The second-order valence-corrected chi connectivity index (χ2v) is 8.08. The normalized spacial score (nSPS) is 28.1. The van der Waals surface area contributed by atoms with Gasteiger partial charge >= 0.3 is 0 Å². The Morgan fingerprint density at radius 1 is 1.19 bits per heavy atom. The van der Waals surface area contributed by atoms with Crippen LogP contribution in [0.25, 0.3) is 0 Å². The Labute approximate surface area is 160 Å². The van der Waals surface area contributed by atoms with Crippen LogP contribution in [0.5, 0.6) is 0 Å². The Kier molecular flexibility index (Phi) is 5.27. The summed E-state index contributed by atoms with van der Waals surface area (Å²) in [7, 11) is 0. The number of hydrogen-bond donors (Lipinski definition) is 2. The lowest BCUT2D eigenvalue weighted by molar-refractivity contribution is -0.121. The highest BCUT2D eigenvalue weighted by atomic mass is 16.3. The van der Waals surface area contributed by atoms with Gasteiger partial charge in [0.25, 0.3) is 0 Å². The van der Waals surface area contributed by atoms with Gasteiger partial charge in [-0.05, 0) is 41.9 Å². The minimum atomic E-state index is -0.424. The van der Waals surface area contributed by atoms with Crippen molar-refractivity contribution in [3.63, 3.8) is 0 Å². The van der Waals surface area contributed by atoms with Crippen LogP contribution < -0.4 is 5.32 Å². The molecule has 144 valence electrons.